The fraction of sp³-hybridized carbons (Fsp3) is 0.417. The summed E-state index contributed by atoms with van der Waals surface area (Å²) < 4.78 is 29.6. The zero-order chi connectivity index (χ0) is 23.8. The van der Waals surface area contributed by atoms with Crippen molar-refractivity contribution in [2.24, 2.45) is 7.05 Å². The van der Waals surface area contributed by atoms with E-state index in [9.17, 15) is 13.2 Å². The Kier molecular flexibility index (Phi) is 6.56. The normalized spacial score (nSPS) is 15.9. The van der Waals surface area contributed by atoms with Crippen molar-refractivity contribution in [1.82, 2.24) is 24.1 Å². The highest BCUT2D eigenvalue weighted by Crippen LogP contribution is 2.21. The molecule has 0 spiro atoms. The van der Waals surface area contributed by atoms with Crippen LogP contribution in [0.25, 0.3) is 11.0 Å². The van der Waals surface area contributed by atoms with Crippen molar-refractivity contribution in [3.05, 3.63) is 59.4 Å². The molecule has 1 aliphatic heterocycles. The summed E-state index contributed by atoms with van der Waals surface area (Å²) in [5, 5.41) is 2.91. The summed E-state index contributed by atoms with van der Waals surface area (Å²) in [6.07, 6.45) is 0. The Morgan fingerprint density at radius 3 is 2.48 bits per heavy atom. The molecule has 0 unspecified atom stereocenters. The van der Waals surface area contributed by atoms with Gasteiger partial charge in [0.1, 0.15) is 5.82 Å². The summed E-state index contributed by atoms with van der Waals surface area (Å²) in [6, 6.07) is 12.7. The molecule has 33 heavy (non-hydrogen) atoms. The van der Waals surface area contributed by atoms with E-state index in [4.69, 9.17) is 4.98 Å². The highest BCUT2D eigenvalue weighted by atomic mass is 32.2. The van der Waals surface area contributed by atoms with Crippen LogP contribution >= 0.6 is 0 Å². The number of aryl methyl sites for hydroxylation is 2. The monoisotopic (exact) mass is 469 g/mol. The summed E-state index contributed by atoms with van der Waals surface area (Å²) in [5.74, 6) is 0.784. The molecule has 8 nitrogen and oxygen atoms in total. The van der Waals surface area contributed by atoms with Crippen LogP contribution in [0.1, 0.15) is 35.6 Å². The van der Waals surface area contributed by atoms with Crippen LogP contribution in [0.15, 0.2) is 47.4 Å². The highest BCUT2D eigenvalue weighted by Gasteiger charge is 2.29. The summed E-state index contributed by atoms with van der Waals surface area (Å²) in [6.45, 7) is 8.54. The van der Waals surface area contributed by atoms with E-state index in [0.29, 0.717) is 43.2 Å². The van der Waals surface area contributed by atoms with Crippen LogP contribution in [0.2, 0.25) is 0 Å². The lowest BCUT2D eigenvalue weighted by Crippen LogP contribution is -2.48. The van der Waals surface area contributed by atoms with Gasteiger partial charge in [0, 0.05) is 44.8 Å². The Bertz CT molecular complexity index is 1270. The zero-order valence-electron chi connectivity index (χ0n) is 19.6. The number of nitrogens with one attached hydrogen (secondary N) is 1. The number of amides is 1. The van der Waals surface area contributed by atoms with Crippen LogP contribution in [-0.4, -0.2) is 65.3 Å². The number of aromatic nitrogens is 2. The number of carbonyl (C=O) groups is 1. The molecule has 3 aromatic rings. The Morgan fingerprint density at radius 2 is 1.82 bits per heavy atom. The number of nitrogens with zero attached hydrogens (tertiary/aromatic N) is 4. The van der Waals surface area contributed by atoms with Gasteiger partial charge >= 0.3 is 0 Å². The number of carbonyl (C=O) groups excluding carboxylic acids is 1. The molecule has 2 aromatic carbocycles. The first kappa shape index (κ1) is 23.4. The Labute approximate surface area is 195 Å². The van der Waals surface area contributed by atoms with Gasteiger partial charge in [-0.2, -0.15) is 4.31 Å². The van der Waals surface area contributed by atoms with Gasteiger partial charge in [-0.25, -0.2) is 13.4 Å². The van der Waals surface area contributed by atoms with Crippen molar-refractivity contribution in [1.29, 1.82) is 0 Å². The van der Waals surface area contributed by atoms with Gasteiger partial charge in [0.25, 0.3) is 5.91 Å². The third-order valence-electron chi connectivity index (χ3n) is 5.98. The number of hydrogen-bond donors (Lipinski definition) is 1. The van der Waals surface area contributed by atoms with Gasteiger partial charge in [0.15, 0.2) is 0 Å². The van der Waals surface area contributed by atoms with Crippen LogP contribution < -0.4 is 5.32 Å². The fourth-order valence-corrected chi connectivity index (χ4v) is 5.66. The summed E-state index contributed by atoms with van der Waals surface area (Å²) in [5.41, 5.74) is 3.27. The van der Waals surface area contributed by atoms with E-state index in [0.717, 1.165) is 22.4 Å². The predicted octanol–water partition coefficient (Wildman–Crippen LogP) is 2.53. The predicted molar refractivity (Wildman–Crippen MR) is 129 cm³/mol. The van der Waals surface area contributed by atoms with Gasteiger partial charge in [-0.1, -0.05) is 12.1 Å². The van der Waals surface area contributed by atoms with Gasteiger partial charge in [0.05, 0.1) is 22.5 Å². The first-order valence-electron chi connectivity index (χ1n) is 11.2. The van der Waals surface area contributed by atoms with E-state index in [1.54, 1.807) is 22.5 Å². The molecular weight excluding hydrogens is 438 g/mol. The van der Waals surface area contributed by atoms with Crippen molar-refractivity contribution in [3.63, 3.8) is 0 Å². The molecule has 176 valence electrons. The number of rotatable bonds is 6. The van der Waals surface area contributed by atoms with E-state index < -0.39 is 10.0 Å². The van der Waals surface area contributed by atoms with E-state index in [-0.39, 0.29) is 11.9 Å². The minimum atomic E-state index is -3.48. The second-order valence-electron chi connectivity index (χ2n) is 8.92. The van der Waals surface area contributed by atoms with Crippen molar-refractivity contribution in [3.8, 4) is 0 Å². The SMILES string of the molecule is Cc1cccc(S(=O)(=O)N2CCN(Cc3nc4cc(C(=O)NC(C)C)ccc4n3C)CC2)c1. The number of fused-ring (bicyclic) bond motifs is 1. The smallest absolute Gasteiger partial charge is 0.251 e. The molecule has 0 saturated carbocycles. The van der Waals surface area contributed by atoms with E-state index >= 15 is 0 Å². The first-order valence-corrected chi connectivity index (χ1v) is 12.6. The van der Waals surface area contributed by atoms with Crippen molar-refractivity contribution < 1.29 is 13.2 Å². The lowest BCUT2D eigenvalue weighted by molar-refractivity contribution is 0.0943. The average Bonchev–Trinajstić information content (AvgIpc) is 3.08. The van der Waals surface area contributed by atoms with Crippen molar-refractivity contribution in [2.45, 2.75) is 38.3 Å². The van der Waals surface area contributed by atoms with Crippen molar-refractivity contribution in [2.75, 3.05) is 26.2 Å². The molecule has 1 N–H and O–H groups in total. The Morgan fingerprint density at radius 1 is 1.09 bits per heavy atom. The molecule has 1 aliphatic rings. The van der Waals surface area contributed by atoms with Gasteiger partial charge in [-0.3, -0.25) is 9.69 Å². The highest BCUT2D eigenvalue weighted by molar-refractivity contribution is 7.89. The van der Waals surface area contributed by atoms with E-state index in [1.165, 1.54) is 0 Å². The minimum absolute atomic E-state index is 0.0703. The topological polar surface area (TPSA) is 87.5 Å². The third-order valence-corrected chi connectivity index (χ3v) is 7.87. The average molecular weight is 470 g/mol. The van der Waals surface area contributed by atoms with Gasteiger partial charge in [0.2, 0.25) is 10.0 Å². The first-order chi connectivity index (χ1) is 15.6. The number of hydrogen-bond acceptors (Lipinski definition) is 5. The molecule has 0 bridgehead atoms. The van der Waals surface area contributed by atoms with Crippen LogP contribution in [0.5, 0.6) is 0 Å². The maximum atomic E-state index is 13.0. The van der Waals surface area contributed by atoms with Gasteiger partial charge in [-0.05, 0) is 56.7 Å². The van der Waals surface area contributed by atoms with E-state index in [2.05, 4.69) is 10.2 Å². The molecule has 2 heterocycles. The minimum Gasteiger partial charge on any atom is -0.350 e. The second kappa shape index (κ2) is 9.24. The molecule has 1 fully saturated rings. The Balaban J connectivity index is 1.44. The van der Waals surface area contributed by atoms with Crippen LogP contribution in [0, 0.1) is 6.92 Å². The third kappa shape index (κ3) is 4.95. The molecule has 0 radical (unpaired) electrons. The molecular formula is C24H31N5O3S. The number of piperazine rings is 1. The maximum Gasteiger partial charge on any atom is 0.251 e. The summed E-state index contributed by atoms with van der Waals surface area (Å²) in [4.78, 5) is 19.7. The lowest BCUT2D eigenvalue weighted by atomic mass is 10.2. The molecule has 0 aliphatic carbocycles. The number of imidazole rings is 1. The molecule has 4 rings (SSSR count). The fourth-order valence-electron chi connectivity index (χ4n) is 4.13. The summed E-state index contributed by atoms with van der Waals surface area (Å²) >= 11 is 0. The maximum absolute atomic E-state index is 13.0. The molecule has 0 atom stereocenters. The second-order valence-corrected chi connectivity index (χ2v) is 10.9. The molecule has 1 aromatic heterocycles. The summed E-state index contributed by atoms with van der Waals surface area (Å²) in [7, 11) is -1.51. The number of sulfonamides is 1. The molecule has 1 saturated heterocycles. The Hall–Kier alpha value is -2.75. The van der Waals surface area contributed by atoms with Crippen molar-refractivity contribution >= 4 is 27.0 Å². The quantitative estimate of drug-likeness (QED) is 0.600. The van der Waals surface area contributed by atoms with Crippen LogP contribution in [0.4, 0.5) is 0 Å². The molecule has 1 amide bonds. The van der Waals surface area contributed by atoms with Crippen LogP contribution in [0.3, 0.4) is 0 Å². The molecule has 9 heteroatoms. The number of benzene rings is 2. The lowest BCUT2D eigenvalue weighted by Gasteiger charge is -2.33. The standard InChI is InChI=1S/C24H31N5O3S/c1-17(2)25-24(30)19-8-9-22-21(15-19)26-23(27(22)4)16-28-10-12-29(13-11-28)33(31,32)20-7-5-6-18(3)14-20/h5-9,14-15,17H,10-13,16H2,1-4H3,(H,25,30). The van der Waals surface area contributed by atoms with E-state index in [1.807, 2.05) is 56.7 Å². The zero-order valence-corrected chi connectivity index (χ0v) is 20.4. The van der Waals surface area contributed by atoms with Gasteiger partial charge in [-0.15, -0.1) is 0 Å². The largest absolute Gasteiger partial charge is 0.350 e. The van der Waals surface area contributed by atoms with Crippen LogP contribution in [-0.2, 0) is 23.6 Å². The van der Waals surface area contributed by atoms with Gasteiger partial charge < -0.3 is 9.88 Å².